The Labute approximate surface area is 131 Å². The van der Waals surface area contributed by atoms with E-state index >= 15 is 0 Å². The van der Waals surface area contributed by atoms with E-state index in [4.69, 9.17) is 4.74 Å². The van der Waals surface area contributed by atoms with Gasteiger partial charge in [0.05, 0.1) is 25.3 Å². The second-order valence-electron chi connectivity index (χ2n) is 5.92. The van der Waals surface area contributed by atoms with Gasteiger partial charge in [-0.15, -0.1) is 0 Å². The SMILES string of the molecule is COc1c(C)cnc(CN(C)C(=O)C2CC(=O)N(C)C2)c1C. The molecule has 0 saturated carbocycles. The van der Waals surface area contributed by atoms with Crippen LogP contribution in [0.25, 0.3) is 0 Å². The minimum absolute atomic E-state index is 0.0153. The molecular formula is C16H23N3O3. The molecule has 2 rings (SSSR count). The van der Waals surface area contributed by atoms with Crippen molar-refractivity contribution in [1.82, 2.24) is 14.8 Å². The summed E-state index contributed by atoms with van der Waals surface area (Å²) >= 11 is 0. The predicted molar refractivity (Wildman–Crippen MR) is 82.5 cm³/mol. The Balaban J connectivity index is 2.11. The number of aromatic nitrogens is 1. The Kier molecular flexibility index (Phi) is 4.68. The lowest BCUT2D eigenvalue weighted by molar-refractivity contribution is -0.135. The first-order valence-electron chi connectivity index (χ1n) is 7.33. The molecule has 2 amide bonds. The van der Waals surface area contributed by atoms with Crippen LogP contribution in [0.3, 0.4) is 0 Å². The molecule has 120 valence electrons. The summed E-state index contributed by atoms with van der Waals surface area (Å²) < 4.78 is 5.39. The van der Waals surface area contributed by atoms with Gasteiger partial charge >= 0.3 is 0 Å². The van der Waals surface area contributed by atoms with Crippen molar-refractivity contribution < 1.29 is 14.3 Å². The van der Waals surface area contributed by atoms with E-state index in [1.165, 1.54) is 0 Å². The molecule has 0 spiro atoms. The zero-order valence-electron chi connectivity index (χ0n) is 13.8. The highest BCUT2D eigenvalue weighted by Gasteiger charge is 2.33. The van der Waals surface area contributed by atoms with Crippen LogP contribution in [-0.4, -0.2) is 54.3 Å². The molecule has 0 radical (unpaired) electrons. The predicted octanol–water partition coefficient (Wildman–Crippen LogP) is 1.14. The number of nitrogens with zero attached hydrogens (tertiary/aromatic N) is 3. The fourth-order valence-corrected chi connectivity index (χ4v) is 2.87. The lowest BCUT2D eigenvalue weighted by Crippen LogP contribution is -2.34. The monoisotopic (exact) mass is 305 g/mol. The van der Waals surface area contributed by atoms with Crippen LogP contribution < -0.4 is 4.74 Å². The summed E-state index contributed by atoms with van der Waals surface area (Å²) in [6, 6.07) is 0. The second-order valence-corrected chi connectivity index (χ2v) is 5.92. The molecule has 1 fully saturated rings. The van der Waals surface area contributed by atoms with Gasteiger partial charge in [-0.1, -0.05) is 0 Å². The summed E-state index contributed by atoms with van der Waals surface area (Å²) in [6.07, 6.45) is 2.05. The van der Waals surface area contributed by atoms with Gasteiger partial charge in [0.1, 0.15) is 5.75 Å². The van der Waals surface area contributed by atoms with Crippen LogP contribution in [0.15, 0.2) is 6.20 Å². The van der Waals surface area contributed by atoms with Crippen molar-refractivity contribution in [2.24, 2.45) is 5.92 Å². The van der Waals surface area contributed by atoms with Gasteiger partial charge in [-0.3, -0.25) is 14.6 Å². The zero-order valence-corrected chi connectivity index (χ0v) is 13.8. The number of hydrogen-bond acceptors (Lipinski definition) is 4. The van der Waals surface area contributed by atoms with Gasteiger partial charge in [0.2, 0.25) is 11.8 Å². The zero-order chi connectivity index (χ0) is 16.4. The van der Waals surface area contributed by atoms with Crippen LogP contribution >= 0.6 is 0 Å². The molecule has 1 aromatic rings. The standard InChI is InChI=1S/C16H23N3O3/c1-10-7-17-13(11(2)15(10)22-5)9-19(4)16(21)12-6-14(20)18(3)8-12/h7,12H,6,8-9H2,1-5H3. The number of ether oxygens (including phenoxy) is 1. The van der Waals surface area contributed by atoms with Gasteiger partial charge in [-0.25, -0.2) is 0 Å². The van der Waals surface area contributed by atoms with Gasteiger partial charge in [-0.2, -0.15) is 0 Å². The van der Waals surface area contributed by atoms with Gasteiger partial charge in [0.25, 0.3) is 0 Å². The summed E-state index contributed by atoms with van der Waals surface area (Å²) in [5, 5.41) is 0. The van der Waals surface area contributed by atoms with Crippen molar-refractivity contribution in [3.8, 4) is 5.75 Å². The molecule has 6 nitrogen and oxygen atoms in total. The van der Waals surface area contributed by atoms with Gasteiger partial charge in [0.15, 0.2) is 0 Å². The Morgan fingerprint density at radius 2 is 2.18 bits per heavy atom. The fourth-order valence-electron chi connectivity index (χ4n) is 2.87. The highest BCUT2D eigenvalue weighted by Crippen LogP contribution is 2.25. The first-order chi connectivity index (χ1) is 10.3. The minimum atomic E-state index is -0.254. The van der Waals surface area contributed by atoms with E-state index in [9.17, 15) is 9.59 Å². The van der Waals surface area contributed by atoms with E-state index in [2.05, 4.69) is 4.98 Å². The first-order valence-corrected chi connectivity index (χ1v) is 7.33. The van der Waals surface area contributed by atoms with Crippen molar-refractivity contribution in [2.45, 2.75) is 26.8 Å². The largest absolute Gasteiger partial charge is 0.496 e. The molecule has 0 N–H and O–H groups in total. The van der Waals surface area contributed by atoms with Gasteiger partial charge in [-0.05, 0) is 13.8 Å². The third-order valence-corrected chi connectivity index (χ3v) is 4.20. The molecule has 22 heavy (non-hydrogen) atoms. The molecule has 2 heterocycles. The third kappa shape index (κ3) is 3.05. The Hall–Kier alpha value is -2.11. The molecule has 1 atom stereocenters. The van der Waals surface area contributed by atoms with Crippen LogP contribution in [0.2, 0.25) is 0 Å². The summed E-state index contributed by atoms with van der Waals surface area (Å²) in [5.74, 6) is 0.563. The van der Waals surface area contributed by atoms with E-state index in [0.29, 0.717) is 19.5 Å². The Bertz CT molecular complexity index is 601. The van der Waals surface area contributed by atoms with E-state index in [1.807, 2.05) is 13.8 Å². The number of likely N-dealkylation sites (tertiary alicyclic amines) is 1. The molecule has 0 aromatic carbocycles. The number of hydrogen-bond donors (Lipinski definition) is 0. The number of rotatable bonds is 4. The van der Waals surface area contributed by atoms with Crippen molar-refractivity contribution >= 4 is 11.8 Å². The maximum Gasteiger partial charge on any atom is 0.228 e. The van der Waals surface area contributed by atoms with Crippen molar-refractivity contribution in [2.75, 3.05) is 27.7 Å². The Morgan fingerprint density at radius 3 is 2.73 bits per heavy atom. The van der Waals surface area contributed by atoms with Crippen LogP contribution in [0, 0.1) is 19.8 Å². The van der Waals surface area contributed by atoms with E-state index in [0.717, 1.165) is 22.6 Å². The van der Waals surface area contributed by atoms with Crippen molar-refractivity contribution in [3.63, 3.8) is 0 Å². The highest BCUT2D eigenvalue weighted by molar-refractivity contribution is 5.89. The first kappa shape index (κ1) is 16.3. The normalized spacial score (nSPS) is 17.8. The topological polar surface area (TPSA) is 62.7 Å². The van der Waals surface area contributed by atoms with E-state index < -0.39 is 0 Å². The van der Waals surface area contributed by atoms with Crippen LogP contribution in [0.5, 0.6) is 5.75 Å². The number of carbonyl (C=O) groups is 2. The second kappa shape index (κ2) is 6.34. The fraction of sp³-hybridized carbons (Fsp3) is 0.562. The number of methoxy groups -OCH3 is 1. The lowest BCUT2D eigenvalue weighted by Gasteiger charge is -2.22. The maximum absolute atomic E-state index is 12.5. The molecule has 1 aliphatic rings. The summed E-state index contributed by atoms with van der Waals surface area (Å²) in [4.78, 5) is 31.7. The smallest absolute Gasteiger partial charge is 0.228 e. The molecule has 0 aliphatic carbocycles. The van der Waals surface area contributed by atoms with E-state index in [1.54, 1.807) is 37.2 Å². The van der Waals surface area contributed by atoms with Gasteiger partial charge < -0.3 is 14.5 Å². The summed E-state index contributed by atoms with van der Waals surface area (Å²) in [6.45, 7) is 4.79. The number of carbonyl (C=O) groups excluding carboxylic acids is 2. The lowest BCUT2D eigenvalue weighted by atomic mass is 10.1. The van der Waals surface area contributed by atoms with Gasteiger partial charge in [0, 0.05) is 44.4 Å². The highest BCUT2D eigenvalue weighted by atomic mass is 16.5. The molecule has 0 bridgehead atoms. The average Bonchev–Trinajstić information content (AvgIpc) is 2.81. The molecule has 6 heteroatoms. The summed E-state index contributed by atoms with van der Waals surface area (Å²) in [5.41, 5.74) is 2.73. The average molecular weight is 305 g/mol. The van der Waals surface area contributed by atoms with Crippen LogP contribution in [0.1, 0.15) is 23.2 Å². The Morgan fingerprint density at radius 1 is 1.50 bits per heavy atom. The molecule has 1 aliphatic heterocycles. The minimum Gasteiger partial charge on any atom is -0.496 e. The van der Waals surface area contributed by atoms with E-state index in [-0.39, 0.29) is 17.7 Å². The number of amides is 2. The molecular weight excluding hydrogens is 282 g/mol. The molecule has 1 unspecified atom stereocenters. The quantitative estimate of drug-likeness (QED) is 0.837. The van der Waals surface area contributed by atoms with Crippen molar-refractivity contribution in [1.29, 1.82) is 0 Å². The van der Waals surface area contributed by atoms with Crippen molar-refractivity contribution in [3.05, 3.63) is 23.0 Å². The molecule has 1 saturated heterocycles. The van der Waals surface area contributed by atoms with Crippen LogP contribution in [-0.2, 0) is 16.1 Å². The third-order valence-electron chi connectivity index (χ3n) is 4.20. The number of aryl methyl sites for hydroxylation is 1. The maximum atomic E-state index is 12.5. The molecule has 1 aromatic heterocycles. The van der Waals surface area contributed by atoms with Crippen LogP contribution in [0.4, 0.5) is 0 Å². The summed E-state index contributed by atoms with van der Waals surface area (Å²) in [7, 11) is 5.11. The number of pyridine rings is 1.